The Kier molecular flexibility index (Phi) is 3.44. The average Bonchev–Trinajstić information content (AvgIpc) is 3.14. The summed E-state index contributed by atoms with van der Waals surface area (Å²) >= 11 is 0. The second kappa shape index (κ2) is 5.06. The number of hydrogen-bond donors (Lipinski definition) is 0. The molecule has 2 fully saturated rings. The van der Waals surface area contributed by atoms with Crippen LogP contribution in [0, 0.1) is 5.92 Å². The number of fused-ring (bicyclic) bond motifs is 1. The molecule has 4 nitrogen and oxygen atoms in total. The molecule has 0 N–H and O–H groups in total. The van der Waals surface area contributed by atoms with E-state index in [4.69, 9.17) is 14.0 Å². The van der Waals surface area contributed by atoms with Crippen LogP contribution >= 0.6 is 9.47 Å². The molecule has 1 aliphatic carbocycles. The van der Waals surface area contributed by atoms with Gasteiger partial charge in [0, 0.05) is 9.47 Å². The van der Waals surface area contributed by atoms with Crippen molar-refractivity contribution < 1.29 is 18.8 Å². The molecule has 96 valence electrons. The van der Waals surface area contributed by atoms with Crippen molar-refractivity contribution in [2.45, 2.75) is 24.9 Å². The smallest absolute Gasteiger partial charge is 0.172 e. The molecule has 0 spiro atoms. The average molecular weight is 266 g/mol. The van der Waals surface area contributed by atoms with Crippen LogP contribution in [0.2, 0.25) is 0 Å². The normalized spacial score (nSPS) is 33.5. The van der Waals surface area contributed by atoms with E-state index in [1.807, 2.05) is 30.3 Å². The monoisotopic (exact) mass is 266 g/mol. The van der Waals surface area contributed by atoms with Crippen LogP contribution in [-0.4, -0.2) is 30.7 Å². The molecular formula is C13H15O4P. The van der Waals surface area contributed by atoms with E-state index in [0.29, 0.717) is 13.2 Å². The topological polar surface area (TPSA) is 48.1 Å². The van der Waals surface area contributed by atoms with Gasteiger partial charge >= 0.3 is 0 Å². The summed E-state index contributed by atoms with van der Waals surface area (Å²) in [6.07, 6.45) is -0.482. The van der Waals surface area contributed by atoms with Crippen LogP contribution in [0.15, 0.2) is 30.3 Å². The van der Waals surface area contributed by atoms with Crippen molar-refractivity contribution in [2.75, 3.05) is 6.61 Å². The third-order valence-corrected chi connectivity index (χ3v) is 3.77. The van der Waals surface area contributed by atoms with Crippen molar-refractivity contribution in [1.29, 1.82) is 0 Å². The molecule has 0 radical (unpaired) electrons. The van der Waals surface area contributed by atoms with Gasteiger partial charge in [-0.05, 0) is 5.56 Å². The van der Waals surface area contributed by atoms with E-state index in [1.54, 1.807) is 0 Å². The third kappa shape index (κ3) is 2.21. The minimum absolute atomic E-state index is 0.0553. The van der Waals surface area contributed by atoms with Crippen molar-refractivity contribution >= 4 is 15.2 Å². The Labute approximate surface area is 108 Å². The fourth-order valence-electron chi connectivity index (χ4n) is 2.43. The highest BCUT2D eigenvalue weighted by atomic mass is 31.0. The molecule has 0 aromatic heterocycles. The first-order valence-electron chi connectivity index (χ1n) is 5.97. The first-order valence-corrected chi connectivity index (χ1v) is 6.45. The Balaban J connectivity index is 1.53. The fourth-order valence-corrected chi connectivity index (χ4v) is 2.78. The SMILES string of the molecule is O=C1C(COCc2ccccc2)C(OP)C2OC12. The summed E-state index contributed by atoms with van der Waals surface area (Å²) in [5.41, 5.74) is 1.10. The number of carbonyl (C=O) groups is 1. The van der Waals surface area contributed by atoms with Crippen molar-refractivity contribution in [3.05, 3.63) is 35.9 Å². The number of rotatable bonds is 5. The van der Waals surface area contributed by atoms with E-state index < -0.39 is 0 Å². The Bertz CT molecular complexity index is 436. The van der Waals surface area contributed by atoms with E-state index >= 15 is 0 Å². The van der Waals surface area contributed by atoms with E-state index in [9.17, 15) is 4.79 Å². The number of carbonyl (C=O) groups excluding carboxylic acids is 1. The van der Waals surface area contributed by atoms with Gasteiger partial charge in [0.15, 0.2) is 5.78 Å². The van der Waals surface area contributed by atoms with Gasteiger partial charge in [0.05, 0.1) is 19.1 Å². The van der Waals surface area contributed by atoms with Gasteiger partial charge in [-0.15, -0.1) is 0 Å². The molecule has 1 saturated carbocycles. The fraction of sp³-hybridized carbons (Fsp3) is 0.462. The number of ether oxygens (including phenoxy) is 2. The molecule has 1 saturated heterocycles. The molecule has 0 bridgehead atoms. The minimum Gasteiger partial charge on any atom is -0.376 e. The van der Waals surface area contributed by atoms with Crippen molar-refractivity contribution in [2.24, 2.45) is 5.92 Å². The van der Waals surface area contributed by atoms with Gasteiger partial charge in [-0.25, -0.2) is 0 Å². The maximum absolute atomic E-state index is 11.9. The molecule has 18 heavy (non-hydrogen) atoms. The molecule has 3 rings (SSSR count). The van der Waals surface area contributed by atoms with Gasteiger partial charge in [-0.1, -0.05) is 30.3 Å². The first kappa shape index (κ1) is 12.2. The number of Topliss-reactive ketones (excluding diaryl/α,β-unsaturated/α-hetero) is 1. The van der Waals surface area contributed by atoms with E-state index in [1.165, 1.54) is 0 Å². The summed E-state index contributed by atoms with van der Waals surface area (Å²) in [6, 6.07) is 9.91. The number of benzene rings is 1. The van der Waals surface area contributed by atoms with Gasteiger partial charge < -0.3 is 14.0 Å². The number of ketones is 1. The Morgan fingerprint density at radius 2 is 2.06 bits per heavy atom. The summed E-state index contributed by atoms with van der Waals surface area (Å²) in [6.45, 7) is 0.910. The van der Waals surface area contributed by atoms with E-state index in [-0.39, 0.29) is 30.0 Å². The number of hydrogen-bond acceptors (Lipinski definition) is 4. The lowest BCUT2D eigenvalue weighted by atomic mass is 10.1. The van der Waals surface area contributed by atoms with Crippen LogP contribution in [0.4, 0.5) is 0 Å². The van der Waals surface area contributed by atoms with Crippen LogP contribution in [0.5, 0.6) is 0 Å². The highest BCUT2D eigenvalue weighted by Gasteiger charge is 2.62. The second-order valence-electron chi connectivity index (χ2n) is 4.63. The summed E-state index contributed by atoms with van der Waals surface area (Å²) in [5.74, 6) is -0.0875. The molecule has 1 aromatic carbocycles. The lowest BCUT2D eigenvalue weighted by Gasteiger charge is -2.18. The maximum atomic E-state index is 11.9. The lowest BCUT2D eigenvalue weighted by Crippen LogP contribution is -2.31. The van der Waals surface area contributed by atoms with Gasteiger partial charge in [-0.3, -0.25) is 4.79 Å². The van der Waals surface area contributed by atoms with Gasteiger partial charge in [-0.2, -0.15) is 0 Å². The predicted molar refractivity (Wildman–Crippen MR) is 67.8 cm³/mol. The van der Waals surface area contributed by atoms with Crippen LogP contribution in [0.1, 0.15) is 5.56 Å². The molecule has 1 aliphatic heterocycles. The van der Waals surface area contributed by atoms with Gasteiger partial charge in [0.2, 0.25) is 0 Å². The zero-order valence-corrected chi connectivity index (χ0v) is 11.0. The Hall–Kier alpha value is -0.800. The molecule has 1 aromatic rings. The summed E-state index contributed by atoms with van der Waals surface area (Å²) in [4.78, 5) is 11.9. The lowest BCUT2D eigenvalue weighted by molar-refractivity contribution is -0.129. The Morgan fingerprint density at radius 3 is 2.78 bits per heavy atom. The van der Waals surface area contributed by atoms with Crippen LogP contribution < -0.4 is 0 Å². The molecule has 1 heterocycles. The second-order valence-corrected chi connectivity index (χ2v) is 4.90. The molecule has 0 amide bonds. The van der Waals surface area contributed by atoms with Crippen molar-refractivity contribution in [3.63, 3.8) is 0 Å². The molecule has 2 aliphatic rings. The molecule has 5 atom stereocenters. The van der Waals surface area contributed by atoms with E-state index in [0.717, 1.165) is 5.56 Å². The largest absolute Gasteiger partial charge is 0.376 e. The first-order chi connectivity index (χ1) is 8.81. The van der Waals surface area contributed by atoms with Crippen LogP contribution in [-0.2, 0) is 25.4 Å². The summed E-state index contributed by atoms with van der Waals surface area (Å²) < 4.78 is 16.1. The van der Waals surface area contributed by atoms with Crippen LogP contribution in [0.25, 0.3) is 0 Å². The van der Waals surface area contributed by atoms with Gasteiger partial charge in [0.25, 0.3) is 0 Å². The van der Waals surface area contributed by atoms with E-state index in [2.05, 4.69) is 9.47 Å². The minimum atomic E-state index is -0.249. The molecule has 5 heteroatoms. The summed E-state index contributed by atoms with van der Waals surface area (Å²) in [7, 11) is 2.21. The van der Waals surface area contributed by atoms with Crippen molar-refractivity contribution in [1.82, 2.24) is 0 Å². The predicted octanol–water partition coefficient (Wildman–Crippen LogP) is 1.34. The zero-order valence-electron chi connectivity index (χ0n) is 9.82. The van der Waals surface area contributed by atoms with Crippen molar-refractivity contribution in [3.8, 4) is 0 Å². The third-order valence-electron chi connectivity index (χ3n) is 3.46. The zero-order chi connectivity index (χ0) is 12.5. The highest BCUT2D eigenvalue weighted by Crippen LogP contribution is 2.42. The standard InChI is InChI=1S/C13H15O4P/c14-10-9(11(17-18)13-12(10)16-13)7-15-6-8-4-2-1-3-5-8/h1-5,9,11-13H,6-7,18H2. The maximum Gasteiger partial charge on any atom is 0.172 e. The quantitative estimate of drug-likeness (QED) is 0.596. The summed E-state index contributed by atoms with van der Waals surface area (Å²) in [5, 5.41) is 0. The van der Waals surface area contributed by atoms with Crippen LogP contribution in [0.3, 0.4) is 0 Å². The highest BCUT2D eigenvalue weighted by molar-refractivity contribution is 7.09. The molecule has 5 unspecified atom stereocenters. The van der Waals surface area contributed by atoms with Gasteiger partial charge in [0.1, 0.15) is 18.3 Å². The molecular weight excluding hydrogens is 251 g/mol. The number of epoxide rings is 1. The Morgan fingerprint density at radius 1 is 1.28 bits per heavy atom.